The number of rotatable bonds is 1. The van der Waals surface area contributed by atoms with Gasteiger partial charge in [0, 0.05) is 5.97 Å². The van der Waals surface area contributed by atoms with E-state index in [1.807, 2.05) is 0 Å². The van der Waals surface area contributed by atoms with E-state index in [0.29, 0.717) is 0 Å². The summed E-state index contributed by atoms with van der Waals surface area (Å²) in [4.78, 5) is 9.91. The van der Waals surface area contributed by atoms with Gasteiger partial charge in [0.2, 0.25) is 0 Å². The van der Waals surface area contributed by atoms with Gasteiger partial charge in [0.15, 0.2) is 0 Å². The molecule has 4 heteroatoms. The minimum atomic E-state index is -0.609. The van der Waals surface area contributed by atoms with Crippen LogP contribution < -0.4 is 0 Å². The molecular weight excluding hydrogens is 92.9 g/mol. The number of methoxy groups -OCH3 is 1. The van der Waals surface area contributed by atoms with Crippen LogP contribution in [0.3, 0.4) is 0 Å². The largest absolute Gasteiger partial charge is 0.476 e. The molecule has 0 amide bonds. The van der Waals surface area contributed by atoms with Gasteiger partial charge in [0.25, 0.3) is 5.87 Å². The molecule has 0 bridgehead atoms. The number of hydrogen-bond acceptors (Lipinski definition) is 3. The number of hydrogen-bond donors (Lipinski definition) is 0. The molecule has 0 unspecified atom stereocenters. The Labute approximate surface area is 42.1 Å². The Morgan fingerprint density at radius 2 is 2.57 bits per heavy atom. The summed E-state index contributed by atoms with van der Waals surface area (Å²) < 4.78 is 4.07. The molecule has 0 aliphatic heterocycles. The molecule has 0 aromatic heterocycles. The average Bonchev–Trinajstić information content (AvgIpc) is 1.68. The fourth-order valence-corrected chi connectivity index (χ4v) is 0.112. The molecule has 35 valence electrons. The number of ether oxygens (including phenoxy) is 1. The van der Waals surface area contributed by atoms with Crippen LogP contribution in [-0.2, 0) is 4.74 Å². The Hall–Kier alpha value is -0.975. The van der Waals surface area contributed by atoms with Crippen LogP contribution >= 0.6 is 0 Å². The van der Waals surface area contributed by atoms with Gasteiger partial charge in [-0.1, -0.05) is 0 Å². The molecule has 0 rings (SSSR count). The van der Waals surface area contributed by atoms with Crippen LogP contribution in [0, 0.1) is 11.2 Å². The first kappa shape index (κ1) is 6.02. The van der Waals surface area contributed by atoms with Gasteiger partial charge < -0.3 is 4.74 Å². The third-order valence-electron chi connectivity index (χ3n) is 0.384. The quantitative estimate of drug-likeness (QED) is 0.429. The molecule has 1 radical (unpaired) electrons. The van der Waals surface area contributed by atoms with Gasteiger partial charge in [0.05, 0.1) is 7.11 Å². The highest BCUT2D eigenvalue weighted by Gasteiger charge is 1.98. The van der Waals surface area contributed by atoms with E-state index in [-0.39, 0.29) is 0 Å². The highest BCUT2D eigenvalue weighted by Crippen LogP contribution is 1.68. The lowest BCUT2D eigenvalue weighted by Crippen LogP contribution is -2.05. The van der Waals surface area contributed by atoms with Gasteiger partial charge >= 0.3 is 7.28 Å². The summed E-state index contributed by atoms with van der Waals surface area (Å²) in [5, 5.41) is 7.76. The zero-order valence-electron chi connectivity index (χ0n) is 3.84. The van der Waals surface area contributed by atoms with Crippen LogP contribution in [0.5, 0.6) is 0 Å². The number of nitriles is 1. The zero-order valence-corrected chi connectivity index (χ0v) is 3.84. The lowest BCUT2D eigenvalue weighted by atomic mass is 9.82. The SMILES string of the molecule is COC(=O)[B]C#N. The van der Waals surface area contributed by atoms with E-state index < -0.39 is 5.87 Å². The van der Waals surface area contributed by atoms with Crippen LogP contribution in [0.25, 0.3) is 0 Å². The fourth-order valence-electron chi connectivity index (χ4n) is 0.112. The summed E-state index contributed by atoms with van der Waals surface area (Å²) in [5.74, 6) is 0.910. The molecule has 0 spiro atoms. The molecular formula is C3H3BNO2. The Balaban J connectivity index is 3.23. The maximum absolute atomic E-state index is 9.91. The summed E-state index contributed by atoms with van der Waals surface area (Å²) >= 11 is 0. The molecule has 0 fully saturated rings. The van der Waals surface area contributed by atoms with E-state index >= 15 is 0 Å². The molecule has 0 N–H and O–H groups in total. The van der Waals surface area contributed by atoms with Crippen molar-refractivity contribution in [2.75, 3.05) is 7.11 Å². The molecule has 0 aromatic carbocycles. The second-order valence-electron chi connectivity index (χ2n) is 0.797. The van der Waals surface area contributed by atoms with E-state index in [1.54, 1.807) is 0 Å². The van der Waals surface area contributed by atoms with Crippen molar-refractivity contribution < 1.29 is 9.53 Å². The van der Waals surface area contributed by atoms with Gasteiger partial charge in [-0.15, -0.1) is 0 Å². The zero-order chi connectivity index (χ0) is 5.70. The predicted octanol–water partition coefficient (Wildman–Crippen LogP) is -0.0619. The second kappa shape index (κ2) is 3.22. The molecule has 0 saturated carbocycles. The van der Waals surface area contributed by atoms with E-state index in [4.69, 9.17) is 5.26 Å². The van der Waals surface area contributed by atoms with Gasteiger partial charge in [0.1, 0.15) is 0 Å². The molecule has 0 aliphatic rings. The maximum Gasteiger partial charge on any atom is 0.397 e. The topological polar surface area (TPSA) is 50.1 Å². The van der Waals surface area contributed by atoms with Gasteiger partial charge in [-0.05, 0) is 0 Å². The van der Waals surface area contributed by atoms with Crippen LogP contribution in [0.15, 0.2) is 0 Å². The fraction of sp³-hybridized carbons (Fsp3) is 0.333. The lowest BCUT2D eigenvalue weighted by molar-refractivity contribution is 0.198. The monoisotopic (exact) mass is 96.0 g/mol. The van der Waals surface area contributed by atoms with Crippen LogP contribution in [-0.4, -0.2) is 20.3 Å². The van der Waals surface area contributed by atoms with Crippen molar-refractivity contribution in [2.45, 2.75) is 0 Å². The minimum Gasteiger partial charge on any atom is -0.476 e. The standard InChI is InChI=1S/C3H3BNO2/c1-7-3(6)4-2-5/h1H3. The van der Waals surface area contributed by atoms with E-state index in [9.17, 15) is 4.79 Å². The average molecular weight is 95.9 g/mol. The first-order chi connectivity index (χ1) is 3.31. The Kier molecular flexibility index (Phi) is 2.77. The van der Waals surface area contributed by atoms with Crippen molar-refractivity contribution in [1.82, 2.24) is 0 Å². The van der Waals surface area contributed by atoms with Crippen molar-refractivity contribution in [2.24, 2.45) is 0 Å². The van der Waals surface area contributed by atoms with E-state index in [2.05, 4.69) is 4.74 Å². The van der Waals surface area contributed by atoms with Crippen LogP contribution in [0.4, 0.5) is 4.79 Å². The van der Waals surface area contributed by atoms with Gasteiger partial charge in [-0.3, -0.25) is 4.79 Å². The number of carbonyl (C=O) groups is 1. The van der Waals surface area contributed by atoms with Crippen molar-refractivity contribution in [1.29, 1.82) is 5.26 Å². The summed E-state index contributed by atoms with van der Waals surface area (Å²) in [6, 6.07) is 0. The van der Waals surface area contributed by atoms with Crippen molar-refractivity contribution in [3.8, 4) is 5.97 Å². The maximum atomic E-state index is 9.91. The number of nitrogens with zero attached hydrogens (tertiary/aromatic N) is 1. The van der Waals surface area contributed by atoms with Gasteiger partial charge in [-0.25, -0.2) is 5.26 Å². The van der Waals surface area contributed by atoms with Crippen LogP contribution in [0.1, 0.15) is 0 Å². The van der Waals surface area contributed by atoms with E-state index in [0.717, 1.165) is 7.28 Å². The normalized spacial score (nSPS) is 6.29. The number of carbonyl (C=O) groups excluding carboxylic acids is 1. The summed E-state index contributed by atoms with van der Waals surface area (Å²) in [5.41, 5.74) is 0. The van der Waals surface area contributed by atoms with Crippen LogP contribution in [0.2, 0.25) is 0 Å². The molecule has 7 heavy (non-hydrogen) atoms. The smallest absolute Gasteiger partial charge is 0.397 e. The Morgan fingerprint density at radius 1 is 2.00 bits per heavy atom. The van der Waals surface area contributed by atoms with Crippen molar-refractivity contribution in [3.05, 3.63) is 0 Å². The highest BCUT2D eigenvalue weighted by atomic mass is 16.5. The minimum absolute atomic E-state index is 0.609. The molecule has 0 aromatic rings. The lowest BCUT2D eigenvalue weighted by Gasteiger charge is -1.84. The first-order valence-corrected chi connectivity index (χ1v) is 1.62. The summed E-state index contributed by atoms with van der Waals surface area (Å²) in [7, 11) is 2.01. The highest BCUT2D eigenvalue weighted by molar-refractivity contribution is 6.77. The van der Waals surface area contributed by atoms with E-state index in [1.165, 1.54) is 13.1 Å². The Bertz CT molecular complexity index is 106. The Morgan fingerprint density at radius 3 is 2.71 bits per heavy atom. The summed E-state index contributed by atoms with van der Waals surface area (Å²) in [6.45, 7) is 0. The van der Waals surface area contributed by atoms with Crippen molar-refractivity contribution >= 4 is 13.1 Å². The first-order valence-electron chi connectivity index (χ1n) is 1.62. The van der Waals surface area contributed by atoms with Gasteiger partial charge in [-0.2, -0.15) is 0 Å². The third-order valence-corrected chi connectivity index (χ3v) is 0.384. The molecule has 3 nitrogen and oxygen atoms in total. The molecule has 0 heterocycles. The second-order valence-corrected chi connectivity index (χ2v) is 0.797. The summed E-state index contributed by atoms with van der Waals surface area (Å²) in [6.07, 6.45) is 0. The third kappa shape index (κ3) is 2.84. The molecule has 0 aliphatic carbocycles. The predicted molar refractivity (Wildman–Crippen MR) is 23.8 cm³/mol. The molecule has 0 saturated heterocycles. The molecule has 0 atom stereocenters. The van der Waals surface area contributed by atoms with Crippen molar-refractivity contribution in [3.63, 3.8) is 0 Å².